The van der Waals surface area contributed by atoms with Crippen LogP contribution in [0, 0.1) is 0 Å². The van der Waals surface area contributed by atoms with Crippen LogP contribution in [-0.4, -0.2) is 6.79 Å². The summed E-state index contributed by atoms with van der Waals surface area (Å²) < 4.78 is 16.9. The Morgan fingerprint density at radius 2 is 2.00 bits per heavy atom. The van der Waals surface area contributed by atoms with E-state index in [1.54, 1.807) is 6.26 Å². The van der Waals surface area contributed by atoms with Gasteiger partial charge in [-0.05, 0) is 39.7 Å². The lowest BCUT2D eigenvalue weighted by Crippen LogP contribution is -2.12. The Morgan fingerprint density at radius 1 is 1.11 bits per heavy atom. The van der Waals surface area contributed by atoms with Gasteiger partial charge in [0.25, 0.3) is 0 Å². The molecule has 1 N–H and O–H groups in total. The Labute approximate surface area is 113 Å². The van der Waals surface area contributed by atoms with Gasteiger partial charge in [0.05, 0.1) is 17.3 Å². The average molecular weight is 310 g/mol. The molecule has 0 bridgehead atoms. The number of hydrogen-bond donors (Lipinski definition) is 1. The van der Waals surface area contributed by atoms with Gasteiger partial charge in [-0.3, -0.25) is 0 Å². The summed E-state index contributed by atoms with van der Waals surface area (Å²) in [5, 5.41) is 3.32. The third-order valence-electron chi connectivity index (χ3n) is 2.74. The molecule has 0 radical (unpaired) electrons. The van der Waals surface area contributed by atoms with E-state index in [-0.39, 0.29) is 0 Å². The predicted molar refractivity (Wildman–Crippen MR) is 69.5 cm³/mol. The van der Waals surface area contributed by atoms with E-state index in [2.05, 4.69) is 21.2 Å². The van der Waals surface area contributed by atoms with E-state index in [9.17, 15) is 0 Å². The minimum Gasteiger partial charge on any atom is -0.467 e. The second-order valence-electron chi connectivity index (χ2n) is 3.98. The summed E-state index contributed by atoms with van der Waals surface area (Å²) in [5.41, 5.74) is 1.15. The molecule has 1 aliphatic heterocycles. The molecule has 0 saturated heterocycles. The van der Waals surface area contributed by atoms with Crippen LogP contribution < -0.4 is 14.8 Å². The van der Waals surface area contributed by atoms with Crippen molar-refractivity contribution in [3.63, 3.8) is 0 Å². The van der Waals surface area contributed by atoms with Gasteiger partial charge in [-0.2, -0.15) is 0 Å². The van der Waals surface area contributed by atoms with Crippen molar-refractivity contribution in [1.29, 1.82) is 0 Å². The first-order chi connectivity index (χ1) is 8.83. The number of halogens is 1. The molecule has 0 aliphatic carbocycles. The predicted octanol–water partition coefficient (Wildman–Crippen LogP) is 3.06. The number of ether oxygens (including phenoxy) is 2. The van der Waals surface area contributed by atoms with Crippen molar-refractivity contribution >= 4 is 15.9 Å². The van der Waals surface area contributed by atoms with Crippen LogP contribution in [0.3, 0.4) is 0 Å². The van der Waals surface area contributed by atoms with Crippen LogP contribution in [0.15, 0.2) is 39.4 Å². The first-order valence-electron chi connectivity index (χ1n) is 5.64. The van der Waals surface area contributed by atoms with Crippen LogP contribution >= 0.6 is 15.9 Å². The van der Waals surface area contributed by atoms with Crippen molar-refractivity contribution in [1.82, 2.24) is 5.32 Å². The van der Waals surface area contributed by atoms with Gasteiger partial charge in [-0.25, -0.2) is 0 Å². The molecule has 0 unspecified atom stereocenters. The van der Waals surface area contributed by atoms with E-state index in [1.807, 2.05) is 24.3 Å². The molecular weight excluding hydrogens is 298 g/mol. The Balaban J connectivity index is 1.59. The van der Waals surface area contributed by atoms with Crippen molar-refractivity contribution in [3.05, 3.63) is 46.3 Å². The molecule has 2 heterocycles. The molecule has 18 heavy (non-hydrogen) atoms. The van der Waals surface area contributed by atoms with Gasteiger partial charge in [0.2, 0.25) is 6.79 Å². The molecule has 3 rings (SSSR count). The van der Waals surface area contributed by atoms with Gasteiger partial charge in [0.1, 0.15) is 5.76 Å². The molecule has 94 valence electrons. The topological polar surface area (TPSA) is 43.6 Å². The SMILES string of the molecule is Brc1ccoc1CNCc1ccc2c(c1)OCO2. The maximum absolute atomic E-state index is 5.33. The molecule has 0 spiro atoms. The van der Waals surface area contributed by atoms with Crippen molar-refractivity contribution < 1.29 is 13.9 Å². The van der Waals surface area contributed by atoms with Crippen LogP contribution in [0.4, 0.5) is 0 Å². The first kappa shape index (κ1) is 11.6. The van der Waals surface area contributed by atoms with Gasteiger partial charge in [0, 0.05) is 6.54 Å². The molecular formula is C13H12BrNO3. The minimum atomic E-state index is 0.311. The van der Waals surface area contributed by atoms with E-state index in [4.69, 9.17) is 13.9 Å². The molecule has 2 aromatic rings. The molecule has 0 fully saturated rings. The lowest BCUT2D eigenvalue weighted by Gasteiger charge is -2.04. The highest BCUT2D eigenvalue weighted by atomic mass is 79.9. The summed E-state index contributed by atoms with van der Waals surface area (Å²) in [4.78, 5) is 0. The summed E-state index contributed by atoms with van der Waals surface area (Å²) >= 11 is 3.42. The average Bonchev–Trinajstić information content (AvgIpc) is 2.98. The fourth-order valence-corrected chi connectivity index (χ4v) is 2.16. The summed E-state index contributed by atoms with van der Waals surface area (Å²) in [7, 11) is 0. The van der Waals surface area contributed by atoms with Crippen molar-refractivity contribution in [3.8, 4) is 11.5 Å². The standard InChI is InChI=1S/C13H12BrNO3/c14-10-3-4-16-13(10)7-15-6-9-1-2-11-12(5-9)18-8-17-11/h1-5,15H,6-8H2. The zero-order chi connectivity index (χ0) is 12.4. The molecule has 1 aliphatic rings. The highest BCUT2D eigenvalue weighted by Gasteiger charge is 2.13. The minimum absolute atomic E-state index is 0.311. The number of rotatable bonds is 4. The quantitative estimate of drug-likeness (QED) is 0.942. The van der Waals surface area contributed by atoms with Crippen LogP contribution in [0.1, 0.15) is 11.3 Å². The maximum atomic E-state index is 5.33. The van der Waals surface area contributed by atoms with E-state index in [1.165, 1.54) is 0 Å². The summed E-state index contributed by atoms with van der Waals surface area (Å²) in [6.45, 7) is 1.75. The van der Waals surface area contributed by atoms with Crippen molar-refractivity contribution in [2.45, 2.75) is 13.1 Å². The third kappa shape index (κ3) is 2.37. The van der Waals surface area contributed by atoms with E-state index in [0.29, 0.717) is 13.3 Å². The lowest BCUT2D eigenvalue weighted by atomic mass is 10.2. The van der Waals surface area contributed by atoms with Gasteiger partial charge in [-0.15, -0.1) is 0 Å². The second-order valence-corrected chi connectivity index (χ2v) is 4.84. The zero-order valence-electron chi connectivity index (χ0n) is 9.61. The Bertz CT molecular complexity index is 553. The van der Waals surface area contributed by atoms with Crippen LogP contribution in [0.5, 0.6) is 11.5 Å². The summed E-state index contributed by atoms with van der Waals surface area (Å²) in [6, 6.07) is 7.84. The molecule has 1 aromatic carbocycles. The maximum Gasteiger partial charge on any atom is 0.231 e. The van der Waals surface area contributed by atoms with E-state index < -0.39 is 0 Å². The third-order valence-corrected chi connectivity index (χ3v) is 3.45. The van der Waals surface area contributed by atoms with Gasteiger partial charge in [-0.1, -0.05) is 6.07 Å². The number of fused-ring (bicyclic) bond motifs is 1. The van der Waals surface area contributed by atoms with Crippen LogP contribution in [0.2, 0.25) is 0 Å². The molecule has 0 saturated carbocycles. The second kappa shape index (κ2) is 5.04. The molecule has 0 atom stereocenters. The van der Waals surface area contributed by atoms with Crippen LogP contribution in [-0.2, 0) is 13.1 Å². The zero-order valence-corrected chi connectivity index (χ0v) is 11.2. The highest BCUT2D eigenvalue weighted by Crippen LogP contribution is 2.32. The number of nitrogens with one attached hydrogen (secondary N) is 1. The Kier molecular flexibility index (Phi) is 3.25. The van der Waals surface area contributed by atoms with Gasteiger partial charge < -0.3 is 19.2 Å². The first-order valence-corrected chi connectivity index (χ1v) is 6.43. The molecule has 5 heteroatoms. The van der Waals surface area contributed by atoms with Gasteiger partial charge >= 0.3 is 0 Å². The molecule has 0 amide bonds. The van der Waals surface area contributed by atoms with E-state index in [0.717, 1.165) is 33.8 Å². The van der Waals surface area contributed by atoms with Crippen molar-refractivity contribution in [2.24, 2.45) is 0 Å². The molecule has 4 nitrogen and oxygen atoms in total. The van der Waals surface area contributed by atoms with E-state index >= 15 is 0 Å². The van der Waals surface area contributed by atoms with Crippen LogP contribution in [0.25, 0.3) is 0 Å². The Morgan fingerprint density at radius 3 is 2.83 bits per heavy atom. The summed E-state index contributed by atoms with van der Waals surface area (Å²) in [5.74, 6) is 2.52. The summed E-state index contributed by atoms with van der Waals surface area (Å²) in [6.07, 6.45) is 1.67. The number of furan rings is 1. The van der Waals surface area contributed by atoms with Gasteiger partial charge in [0.15, 0.2) is 11.5 Å². The van der Waals surface area contributed by atoms with Crippen molar-refractivity contribution in [2.75, 3.05) is 6.79 Å². The monoisotopic (exact) mass is 309 g/mol. The molecule has 1 aromatic heterocycles. The highest BCUT2D eigenvalue weighted by molar-refractivity contribution is 9.10. The number of benzene rings is 1. The normalized spacial score (nSPS) is 12.9. The fourth-order valence-electron chi connectivity index (χ4n) is 1.82. The smallest absolute Gasteiger partial charge is 0.231 e. The lowest BCUT2D eigenvalue weighted by molar-refractivity contribution is 0.174. The largest absolute Gasteiger partial charge is 0.467 e. The number of hydrogen-bond acceptors (Lipinski definition) is 4. The fraction of sp³-hybridized carbons (Fsp3) is 0.231. The Hall–Kier alpha value is -1.46.